The van der Waals surface area contributed by atoms with Crippen molar-refractivity contribution in [2.45, 2.75) is 72.8 Å². The maximum Gasteiger partial charge on any atom is 0.419 e. The van der Waals surface area contributed by atoms with Crippen molar-refractivity contribution in [3.05, 3.63) is 76.6 Å². The molecule has 0 saturated heterocycles. The van der Waals surface area contributed by atoms with Gasteiger partial charge in [0.2, 0.25) is 6.20 Å². The van der Waals surface area contributed by atoms with Gasteiger partial charge in [-0.1, -0.05) is 22.2 Å². The molecule has 5 aromatic rings. The normalized spacial score (nSPS) is 12.0. The van der Waals surface area contributed by atoms with Gasteiger partial charge >= 0.3 is 6.09 Å². The smallest absolute Gasteiger partial charge is 0.419 e. The molecule has 3 aromatic heterocycles. The lowest BCUT2D eigenvalue weighted by atomic mass is 10.1. The van der Waals surface area contributed by atoms with Gasteiger partial charge in [0.05, 0.1) is 17.0 Å². The second-order valence-corrected chi connectivity index (χ2v) is 12.7. The molecule has 0 aliphatic heterocycles. The lowest BCUT2D eigenvalue weighted by molar-refractivity contribution is -0.580. The van der Waals surface area contributed by atoms with E-state index in [1.54, 1.807) is 30.5 Å². The summed E-state index contributed by atoms with van der Waals surface area (Å²) in [7, 11) is -4.33. The van der Waals surface area contributed by atoms with E-state index >= 15 is 0 Å². The molecule has 9 nitrogen and oxygen atoms in total. The molecule has 0 aliphatic carbocycles. The predicted molar refractivity (Wildman–Crippen MR) is 161 cm³/mol. The molecule has 42 heavy (non-hydrogen) atoms. The zero-order valence-electron chi connectivity index (χ0n) is 25.5. The fourth-order valence-corrected chi connectivity index (χ4v) is 6.04. The van der Waals surface area contributed by atoms with Gasteiger partial charge in [-0.3, -0.25) is 0 Å². The Morgan fingerprint density at radius 2 is 1.60 bits per heavy atom. The van der Waals surface area contributed by atoms with Crippen LogP contribution in [-0.2, 0) is 14.9 Å². The van der Waals surface area contributed by atoms with Gasteiger partial charge < -0.3 is 14.0 Å². The van der Waals surface area contributed by atoms with Crippen LogP contribution in [0.5, 0.6) is 5.75 Å². The molecule has 10 heteroatoms. The van der Waals surface area contributed by atoms with Crippen LogP contribution in [0.3, 0.4) is 0 Å². The van der Waals surface area contributed by atoms with Gasteiger partial charge in [0.15, 0.2) is 0 Å². The molecule has 0 spiro atoms. The SMILES string of the molecule is CCOc1ccc2c3cc[n+]4nc(C)c(C)cc4c3n(C(=O)OC(C)(C)C)c2c1.Cc1cc(C)c(S(=O)(=O)[O-])c(C)c1. The molecule has 2 aromatic carbocycles. The highest BCUT2D eigenvalue weighted by Crippen LogP contribution is 2.34. The van der Waals surface area contributed by atoms with Gasteiger partial charge in [-0.05, 0) is 91.1 Å². The number of aromatic nitrogens is 3. The van der Waals surface area contributed by atoms with E-state index in [1.807, 2.05) is 83.4 Å². The van der Waals surface area contributed by atoms with E-state index in [0.29, 0.717) is 17.7 Å². The largest absolute Gasteiger partial charge is 0.744 e. The molecule has 0 unspecified atom stereocenters. The molecule has 0 N–H and O–H groups in total. The van der Waals surface area contributed by atoms with Crippen molar-refractivity contribution in [2.24, 2.45) is 0 Å². The van der Waals surface area contributed by atoms with E-state index in [1.165, 1.54) is 0 Å². The lowest BCUT2D eigenvalue weighted by Gasteiger charge is -2.20. The van der Waals surface area contributed by atoms with Gasteiger partial charge in [-0.2, -0.15) is 0 Å². The number of hydrogen-bond acceptors (Lipinski definition) is 7. The third-order valence-electron chi connectivity index (χ3n) is 6.77. The molecular formula is C32H37N3O6S. The third kappa shape index (κ3) is 6.24. The van der Waals surface area contributed by atoms with Crippen molar-refractivity contribution in [1.29, 1.82) is 0 Å². The topological polar surface area (TPSA) is 115 Å². The number of ether oxygens (including phenoxy) is 2. The van der Waals surface area contributed by atoms with Crippen molar-refractivity contribution >= 4 is 43.5 Å². The predicted octanol–water partition coefficient (Wildman–Crippen LogP) is 6.24. The summed E-state index contributed by atoms with van der Waals surface area (Å²) in [6, 6.07) is 13.3. The maximum absolute atomic E-state index is 13.3. The van der Waals surface area contributed by atoms with Crippen LogP contribution in [0.2, 0.25) is 0 Å². The molecule has 5 rings (SSSR count). The minimum Gasteiger partial charge on any atom is -0.744 e. The summed E-state index contributed by atoms with van der Waals surface area (Å²) in [5.74, 6) is 0.717. The first-order valence-electron chi connectivity index (χ1n) is 13.7. The van der Waals surface area contributed by atoms with E-state index in [9.17, 15) is 17.8 Å². The van der Waals surface area contributed by atoms with Crippen LogP contribution in [0, 0.1) is 34.6 Å². The molecule has 0 fully saturated rings. The minimum absolute atomic E-state index is 0.0851. The first-order chi connectivity index (χ1) is 19.5. The standard InChI is InChI=1S/C23H26N3O3.C9H12O3S/c1-7-28-16-8-9-17-18-10-11-25-20(12-14(2)15(3)24-25)21(18)26(19(17)13-16)22(27)29-23(4,5)6;1-6-4-7(2)9(8(3)5-6)13(10,11)12/h8-13H,7H2,1-6H3;4-5H,1-3H3,(H,10,11,12)/q+1;/p-1. The molecule has 0 bridgehead atoms. The Morgan fingerprint density at radius 3 is 2.17 bits per heavy atom. The molecule has 0 saturated carbocycles. The number of aryl methyl sites for hydroxylation is 5. The Kier molecular flexibility index (Phi) is 8.35. The Bertz CT molecular complexity index is 1930. The van der Waals surface area contributed by atoms with Crippen molar-refractivity contribution in [3.8, 4) is 5.75 Å². The molecular weight excluding hydrogens is 554 g/mol. The summed E-state index contributed by atoms with van der Waals surface area (Å²) in [4.78, 5) is 13.2. The van der Waals surface area contributed by atoms with Crippen LogP contribution >= 0.6 is 0 Å². The first kappa shape index (κ1) is 30.9. The fraction of sp³-hybridized carbons (Fsp3) is 0.344. The van der Waals surface area contributed by atoms with Crippen molar-refractivity contribution in [3.63, 3.8) is 0 Å². The summed E-state index contributed by atoms with van der Waals surface area (Å²) < 4.78 is 47.4. The number of pyridine rings is 1. The lowest BCUT2D eigenvalue weighted by Crippen LogP contribution is -2.30. The molecule has 222 valence electrons. The summed E-state index contributed by atoms with van der Waals surface area (Å²) >= 11 is 0. The van der Waals surface area contributed by atoms with Crippen LogP contribution in [-0.4, -0.2) is 40.9 Å². The number of rotatable bonds is 3. The van der Waals surface area contributed by atoms with Crippen LogP contribution in [0.15, 0.2) is 53.6 Å². The van der Waals surface area contributed by atoms with Gasteiger partial charge in [0, 0.05) is 34.1 Å². The number of carbonyl (C=O) groups is 1. The van der Waals surface area contributed by atoms with E-state index in [0.717, 1.165) is 49.9 Å². The van der Waals surface area contributed by atoms with Gasteiger partial charge in [-0.15, -0.1) is 0 Å². The van der Waals surface area contributed by atoms with Gasteiger partial charge in [0.25, 0.3) is 5.52 Å². The number of benzene rings is 2. The summed E-state index contributed by atoms with van der Waals surface area (Å²) in [5, 5.41) is 6.58. The van der Waals surface area contributed by atoms with E-state index in [4.69, 9.17) is 9.47 Å². The summed E-state index contributed by atoms with van der Waals surface area (Å²) in [5.41, 5.74) is 5.79. The molecule has 0 radical (unpaired) electrons. The molecule has 0 aliphatic rings. The summed E-state index contributed by atoms with van der Waals surface area (Å²) in [6.45, 7) is 17.2. The van der Waals surface area contributed by atoms with Crippen molar-refractivity contribution in [1.82, 2.24) is 9.67 Å². The van der Waals surface area contributed by atoms with Crippen molar-refractivity contribution < 1.29 is 31.8 Å². The van der Waals surface area contributed by atoms with Gasteiger partial charge in [0.1, 0.15) is 32.7 Å². The highest BCUT2D eigenvalue weighted by Gasteiger charge is 2.27. The van der Waals surface area contributed by atoms with E-state index in [-0.39, 0.29) is 4.90 Å². The number of nitrogens with zero attached hydrogens (tertiary/aromatic N) is 3. The number of hydrogen-bond donors (Lipinski definition) is 0. The molecule has 0 amide bonds. The zero-order valence-corrected chi connectivity index (χ0v) is 26.3. The molecule has 0 atom stereocenters. The Morgan fingerprint density at radius 1 is 0.952 bits per heavy atom. The maximum atomic E-state index is 13.3. The quantitative estimate of drug-likeness (QED) is 0.180. The molecule has 3 heterocycles. The van der Waals surface area contributed by atoms with E-state index in [2.05, 4.69) is 11.2 Å². The summed E-state index contributed by atoms with van der Waals surface area (Å²) in [6.07, 6.45) is 1.51. The fourth-order valence-electron chi connectivity index (χ4n) is 5.13. The Hall–Kier alpha value is -4.02. The average molecular weight is 592 g/mol. The number of carbonyl (C=O) groups excluding carboxylic acids is 1. The first-order valence-corrected chi connectivity index (χ1v) is 15.1. The monoisotopic (exact) mass is 591 g/mol. The second kappa shape index (κ2) is 11.3. The van der Waals surface area contributed by atoms with Crippen LogP contribution in [0.4, 0.5) is 4.79 Å². The second-order valence-electron chi connectivity index (χ2n) is 11.4. The Balaban J connectivity index is 0.000000262. The number of fused-ring (bicyclic) bond motifs is 5. The third-order valence-corrected chi connectivity index (χ3v) is 7.92. The average Bonchev–Trinajstić information content (AvgIpc) is 3.17. The van der Waals surface area contributed by atoms with Crippen LogP contribution < -0.4 is 9.25 Å². The zero-order chi connectivity index (χ0) is 31.1. The van der Waals surface area contributed by atoms with E-state index < -0.39 is 21.8 Å². The highest BCUT2D eigenvalue weighted by molar-refractivity contribution is 7.85. The Labute approximate surface area is 246 Å². The van der Waals surface area contributed by atoms with Crippen LogP contribution in [0.1, 0.15) is 55.6 Å². The minimum atomic E-state index is -4.33. The highest BCUT2D eigenvalue weighted by atomic mass is 32.2. The van der Waals surface area contributed by atoms with Crippen LogP contribution in [0.25, 0.3) is 27.3 Å². The van der Waals surface area contributed by atoms with Crippen molar-refractivity contribution in [2.75, 3.05) is 6.61 Å². The van der Waals surface area contributed by atoms with Gasteiger partial charge in [-0.25, -0.2) is 17.8 Å².